The molecule has 1 amide bonds. The van der Waals surface area contributed by atoms with E-state index in [1.807, 2.05) is 27.7 Å². The molecule has 1 atom stereocenters. The second kappa shape index (κ2) is 4.35. The van der Waals surface area contributed by atoms with Gasteiger partial charge in [0, 0.05) is 17.9 Å². The number of nitrogens with two attached hydrogens (primary N) is 1. The Morgan fingerprint density at radius 2 is 1.89 bits per heavy atom. The van der Waals surface area contributed by atoms with Crippen LogP contribution in [-0.2, 0) is 14.1 Å². The number of amides is 1. The first-order valence-electron chi connectivity index (χ1n) is 6.33. The van der Waals surface area contributed by atoms with E-state index in [2.05, 4.69) is 5.10 Å². The van der Waals surface area contributed by atoms with Crippen LogP contribution in [0.3, 0.4) is 0 Å². The first-order chi connectivity index (χ1) is 8.64. The molecule has 6 nitrogen and oxygen atoms in total. The van der Waals surface area contributed by atoms with E-state index in [-0.39, 0.29) is 0 Å². The van der Waals surface area contributed by atoms with Gasteiger partial charge in [0.05, 0.1) is 11.2 Å². The van der Waals surface area contributed by atoms with Crippen LogP contribution in [0.5, 0.6) is 0 Å². The molecule has 19 heavy (non-hydrogen) atoms. The third-order valence-corrected chi connectivity index (χ3v) is 3.96. The molecule has 1 aliphatic heterocycles. The van der Waals surface area contributed by atoms with Crippen LogP contribution >= 0.6 is 0 Å². The minimum atomic E-state index is -0.490. The summed E-state index contributed by atoms with van der Waals surface area (Å²) in [6.45, 7) is 9.66. The largest absolute Gasteiger partial charge is 0.498 e. The Kier molecular flexibility index (Phi) is 3.22. The number of primary amides is 1. The molecule has 1 aromatic heterocycles. The number of carbonyl (C=O) groups excluding carboxylic acids is 1. The maximum Gasteiger partial charge on any atom is 0.498 e. The van der Waals surface area contributed by atoms with Crippen molar-refractivity contribution in [3.8, 4) is 0 Å². The Morgan fingerprint density at radius 1 is 1.37 bits per heavy atom. The van der Waals surface area contributed by atoms with Gasteiger partial charge in [0.2, 0.25) is 5.91 Å². The van der Waals surface area contributed by atoms with Crippen molar-refractivity contribution in [2.75, 3.05) is 0 Å². The van der Waals surface area contributed by atoms with Crippen molar-refractivity contribution in [2.24, 2.45) is 5.73 Å². The van der Waals surface area contributed by atoms with E-state index < -0.39 is 30.3 Å². The number of nitrogens with zero attached hydrogens (tertiary/aromatic N) is 2. The number of carbonyl (C=O) groups is 1. The van der Waals surface area contributed by atoms with Crippen LogP contribution < -0.4 is 11.2 Å². The van der Waals surface area contributed by atoms with Crippen LogP contribution in [0.2, 0.25) is 0 Å². The van der Waals surface area contributed by atoms with Gasteiger partial charge in [0.15, 0.2) is 0 Å². The molecule has 2 heterocycles. The SMILES string of the molecule is CC(C(N)=O)n1cc(B2OC(C)(C)C(C)(C)O2)cn1. The summed E-state index contributed by atoms with van der Waals surface area (Å²) in [7, 11) is -0.473. The Balaban J connectivity index is 2.20. The highest BCUT2D eigenvalue weighted by Crippen LogP contribution is 2.36. The van der Waals surface area contributed by atoms with E-state index in [1.54, 1.807) is 19.3 Å². The lowest BCUT2D eigenvalue weighted by atomic mass is 9.82. The highest BCUT2D eigenvalue weighted by molar-refractivity contribution is 6.62. The predicted octanol–water partition coefficient (Wildman–Crippen LogP) is 0.229. The number of hydrogen-bond acceptors (Lipinski definition) is 4. The second-order valence-electron chi connectivity index (χ2n) is 5.92. The van der Waals surface area contributed by atoms with Gasteiger partial charge in [0.25, 0.3) is 0 Å². The topological polar surface area (TPSA) is 79.4 Å². The molecule has 2 N–H and O–H groups in total. The van der Waals surface area contributed by atoms with E-state index in [9.17, 15) is 4.79 Å². The van der Waals surface area contributed by atoms with E-state index in [4.69, 9.17) is 15.0 Å². The van der Waals surface area contributed by atoms with E-state index >= 15 is 0 Å². The molecule has 1 fully saturated rings. The molecule has 0 radical (unpaired) electrons. The first kappa shape index (κ1) is 14.1. The second-order valence-corrected chi connectivity index (χ2v) is 5.92. The van der Waals surface area contributed by atoms with Crippen LogP contribution in [-0.4, -0.2) is 34.0 Å². The van der Waals surface area contributed by atoms with Gasteiger partial charge < -0.3 is 15.0 Å². The van der Waals surface area contributed by atoms with Crippen LogP contribution in [0.4, 0.5) is 0 Å². The summed E-state index contributed by atoms with van der Waals surface area (Å²) in [5.74, 6) is -0.427. The molecule has 0 spiro atoms. The molecule has 0 saturated carbocycles. The Labute approximate surface area is 113 Å². The van der Waals surface area contributed by atoms with Gasteiger partial charge in [-0.15, -0.1) is 0 Å². The van der Waals surface area contributed by atoms with Gasteiger partial charge in [-0.2, -0.15) is 5.10 Å². The van der Waals surface area contributed by atoms with Gasteiger partial charge >= 0.3 is 7.12 Å². The van der Waals surface area contributed by atoms with Crippen molar-refractivity contribution >= 4 is 18.5 Å². The van der Waals surface area contributed by atoms with Crippen molar-refractivity contribution in [2.45, 2.75) is 51.9 Å². The normalized spacial score (nSPS) is 22.5. The Morgan fingerprint density at radius 3 is 2.37 bits per heavy atom. The number of hydrogen-bond donors (Lipinski definition) is 1. The predicted molar refractivity (Wildman–Crippen MR) is 71.8 cm³/mol. The smallest absolute Gasteiger partial charge is 0.399 e. The molecule has 2 rings (SSSR count). The zero-order chi connectivity index (χ0) is 14.4. The zero-order valence-corrected chi connectivity index (χ0v) is 12.0. The number of rotatable bonds is 3. The lowest BCUT2D eigenvalue weighted by molar-refractivity contribution is -0.120. The minimum Gasteiger partial charge on any atom is -0.399 e. The fourth-order valence-electron chi connectivity index (χ4n) is 1.80. The third-order valence-electron chi connectivity index (χ3n) is 3.96. The molecule has 1 aromatic rings. The maximum atomic E-state index is 11.1. The van der Waals surface area contributed by atoms with E-state index in [0.29, 0.717) is 0 Å². The van der Waals surface area contributed by atoms with E-state index in [1.165, 1.54) is 4.68 Å². The van der Waals surface area contributed by atoms with Gasteiger partial charge in [-0.25, -0.2) is 0 Å². The summed E-state index contributed by atoms with van der Waals surface area (Å²) in [6, 6.07) is -0.490. The molecule has 104 valence electrons. The van der Waals surface area contributed by atoms with Crippen molar-refractivity contribution in [3.63, 3.8) is 0 Å². The first-order valence-corrected chi connectivity index (χ1v) is 6.33. The summed E-state index contributed by atoms with van der Waals surface area (Å²) in [5, 5.41) is 4.13. The highest BCUT2D eigenvalue weighted by Gasteiger charge is 2.52. The average Bonchev–Trinajstić information content (AvgIpc) is 2.81. The van der Waals surface area contributed by atoms with Crippen molar-refractivity contribution in [1.82, 2.24) is 9.78 Å². The third kappa shape index (κ3) is 2.40. The minimum absolute atomic E-state index is 0.394. The van der Waals surface area contributed by atoms with Crippen LogP contribution in [0, 0.1) is 0 Å². The Hall–Kier alpha value is -1.34. The van der Waals surface area contributed by atoms with Crippen molar-refractivity contribution in [3.05, 3.63) is 12.4 Å². The molecular formula is C12H20BN3O3. The average molecular weight is 265 g/mol. The summed E-state index contributed by atoms with van der Waals surface area (Å²) in [4.78, 5) is 11.1. The quantitative estimate of drug-likeness (QED) is 0.793. The summed E-state index contributed by atoms with van der Waals surface area (Å²) >= 11 is 0. The fraction of sp³-hybridized carbons (Fsp3) is 0.667. The number of aromatic nitrogens is 2. The van der Waals surface area contributed by atoms with Crippen LogP contribution in [0.1, 0.15) is 40.7 Å². The van der Waals surface area contributed by atoms with Crippen molar-refractivity contribution in [1.29, 1.82) is 0 Å². The van der Waals surface area contributed by atoms with Gasteiger partial charge in [-0.1, -0.05) is 0 Å². The molecule has 0 aromatic carbocycles. The van der Waals surface area contributed by atoms with Gasteiger partial charge in [-0.3, -0.25) is 9.48 Å². The monoisotopic (exact) mass is 265 g/mol. The zero-order valence-electron chi connectivity index (χ0n) is 12.0. The molecule has 0 aliphatic carbocycles. The molecule has 1 saturated heterocycles. The fourth-order valence-corrected chi connectivity index (χ4v) is 1.80. The van der Waals surface area contributed by atoms with Gasteiger partial charge in [0.1, 0.15) is 6.04 Å². The molecular weight excluding hydrogens is 245 g/mol. The van der Waals surface area contributed by atoms with Gasteiger partial charge in [-0.05, 0) is 34.6 Å². The van der Waals surface area contributed by atoms with Crippen molar-refractivity contribution < 1.29 is 14.1 Å². The van der Waals surface area contributed by atoms with Crippen LogP contribution in [0.25, 0.3) is 0 Å². The molecule has 0 bridgehead atoms. The summed E-state index contributed by atoms with van der Waals surface area (Å²) in [6.07, 6.45) is 3.37. The Bertz CT molecular complexity index is 482. The lowest BCUT2D eigenvalue weighted by Gasteiger charge is -2.32. The maximum absolute atomic E-state index is 11.1. The standard InChI is InChI=1S/C12H20BN3O3/c1-8(10(14)17)16-7-9(6-15-16)13-18-11(2,3)12(4,5)19-13/h6-8H,1-5H3,(H2,14,17). The molecule has 1 unspecified atom stereocenters. The summed E-state index contributed by atoms with van der Waals surface area (Å²) < 4.78 is 13.3. The van der Waals surface area contributed by atoms with E-state index in [0.717, 1.165) is 5.46 Å². The molecule has 7 heteroatoms. The highest BCUT2D eigenvalue weighted by atomic mass is 16.7. The lowest BCUT2D eigenvalue weighted by Crippen LogP contribution is -2.41. The summed E-state index contributed by atoms with van der Waals surface area (Å²) in [5.41, 5.74) is 5.25. The molecule has 1 aliphatic rings. The van der Waals surface area contributed by atoms with Crippen LogP contribution in [0.15, 0.2) is 12.4 Å².